The average Bonchev–Trinajstić information content (AvgIpc) is 2.89. The Morgan fingerprint density at radius 1 is 1.19 bits per heavy atom. The van der Waals surface area contributed by atoms with Crippen molar-refractivity contribution in [3.8, 4) is 5.75 Å². The molecule has 5 nitrogen and oxygen atoms in total. The Morgan fingerprint density at radius 3 is 2.69 bits per heavy atom. The van der Waals surface area contributed by atoms with Crippen molar-refractivity contribution in [3.63, 3.8) is 0 Å². The lowest BCUT2D eigenvalue weighted by Crippen LogP contribution is -2.14. The number of carbonyl (C=O) groups excluding carboxylic acids is 1. The third-order valence-corrected chi connectivity index (χ3v) is 4.53. The van der Waals surface area contributed by atoms with Gasteiger partial charge in [0, 0.05) is 0 Å². The molecule has 1 aromatic heterocycles. The van der Waals surface area contributed by atoms with E-state index < -0.39 is 0 Å². The highest BCUT2D eigenvalue weighted by atomic mass is 35.5. The molecule has 0 aliphatic heterocycles. The van der Waals surface area contributed by atoms with Crippen LogP contribution < -0.4 is 10.1 Å². The van der Waals surface area contributed by atoms with Crippen molar-refractivity contribution in [3.05, 3.63) is 76.1 Å². The number of amides is 1. The highest BCUT2D eigenvalue weighted by molar-refractivity contribution is 6.34. The van der Waals surface area contributed by atoms with Crippen LogP contribution >= 0.6 is 11.6 Å². The fourth-order valence-corrected chi connectivity index (χ4v) is 3.02. The molecule has 6 heteroatoms. The van der Waals surface area contributed by atoms with E-state index in [2.05, 4.69) is 10.4 Å². The lowest BCUT2D eigenvalue weighted by Gasteiger charge is -2.09. The minimum absolute atomic E-state index is 0.247. The van der Waals surface area contributed by atoms with Gasteiger partial charge >= 0.3 is 0 Å². The van der Waals surface area contributed by atoms with Gasteiger partial charge in [-0.2, -0.15) is 5.10 Å². The number of hydrogen-bond donors (Lipinski definition) is 1. The topological polar surface area (TPSA) is 56.1 Å². The molecule has 0 fully saturated rings. The molecule has 1 heterocycles. The molecule has 0 unspecified atom stereocenters. The average molecular weight is 370 g/mol. The second kappa shape index (κ2) is 7.62. The summed E-state index contributed by atoms with van der Waals surface area (Å²) in [6.45, 7) is 4.39. The van der Waals surface area contributed by atoms with Gasteiger partial charge in [-0.25, -0.2) is 0 Å². The van der Waals surface area contributed by atoms with E-state index in [1.165, 1.54) is 0 Å². The molecule has 0 aliphatic carbocycles. The maximum atomic E-state index is 12.5. The first-order valence-electron chi connectivity index (χ1n) is 8.22. The van der Waals surface area contributed by atoms with Crippen molar-refractivity contribution < 1.29 is 9.53 Å². The zero-order valence-electron chi connectivity index (χ0n) is 14.9. The van der Waals surface area contributed by atoms with Crippen LogP contribution in [0.1, 0.15) is 27.3 Å². The standard InChI is InChI=1S/C20H20ClN3O2/c1-13-19(22-20(25)17-9-4-5-10-18(17)21)14(2)24(23-13)12-15-7-6-8-16(11-15)26-3/h4-11H,12H2,1-3H3,(H,22,25). The number of methoxy groups -OCH3 is 1. The van der Waals surface area contributed by atoms with Crippen LogP contribution in [-0.2, 0) is 6.54 Å². The van der Waals surface area contributed by atoms with Crippen molar-refractivity contribution in [2.45, 2.75) is 20.4 Å². The normalized spacial score (nSPS) is 10.6. The van der Waals surface area contributed by atoms with Gasteiger partial charge in [-0.1, -0.05) is 35.9 Å². The quantitative estimate of drug-likeness (QED) is 0.722. The van der Waals surface area contributed by atoms with Gasteiger partial charge in [-0.05, 0) is 43.7 Å². The number of aromatic nitrogens is 2. The van der Waals surface area contributed by atoms with Gasteiger partial charge < -0.3 is 10.1 Å². The van der Waals surface area contributed by atoms with Gasteiger partial charge in [0.25, 0.3) is 5.91 Å². The summed E-state index contributed by atoms with van der Waals surface area (Å²) in [5.41, 5.74) is 3.85. The van der Waals surface area contributed by atoms with Crippen molar-refractivity contribution in [1.29, 1.82) is 0 Å². The summed E-state index contributed by atoms with van der Waals surface area (Å²) in [7, 11) is 1.64. The molecule has 0 aliphatic rings. The minimum Gasteiger partial charge on any atom is -0.497 e. The fraction of sp³-hybridized carbons (Fsp3) is 0.200. The molecular weight excluding hydrogens is 350 g/mol. The molecule has 0 saturated heterocycles. The Balaban J connectivity index is 1.84. The minimum atomic E-state index is -0.247. The number of aryl methyl sites for hydroxylation is 1. The number of anilines is 1. The van der Waals surface area contributed by atoms with Crippen LogP contribution in [0, 0.1) is 13.8 Å². The van der Waals surface area contributed by atoms with Crippen LogP contribution in [0.4, 0.5) is 5.69 Å². The first kappa shape index (κ1) is 18.0. The zero-order chi connectivity index (χ0) is 18.7. The second-order valence-electron chi connectivity index (χ2n) is 5.99. The largest absolute Gasteiger partial charge is 0.497 e. The molecule has 0 atom stereocenters. The molecular formula is C20H20ClN3O2. The van der Waals surface area contributed by atoms with Gasteiger partial charge in [0.05, 0.1) is 41.3 Å². The van der Waals surface area contributed by atoms with E-state index in [-0.39, 0.29) is 5.91 Å². The van der Waals surface area contributed by atoms with Gasteiger partial charge in [0.2, 0.25) is 0 Å². The van der Waals surface area contributed by atoms with E-state index in [0.29, 0.717) is 22.8 Å². The third kappa shape index (κ3) is 3.73. The van der Waals surface area contributed by atoms with Gasteiger partial charge in [0.15, 0.2) is 0 Å². The van der Waals surface area contributed by atoms with Gasteiger partial charge in [-0.3, -0.25) is 9.48 Å². The van der Waals surface area contributed by atoms with Crippen LogP contribution in [0.2, 0.25) is 5.02 Å². The predicted molar refractivity (Wildman–Crippen MR) is 103 cm³/mol. The number of halogens is 1. The summed E-state index contributed by atoms with van der Waals surface area (Å²) in [4.78, 5) is 12.5. The monoisotopic (exact) mass is 369 g/mol. The van der Waals surface area contributed by atoms with Crippen molar-refractivity contribution >= 4 is 23.2 Å². The van der Waals surface area contributed by atoms with Gasteiger partial charge in [-0.15, -0.1) is 0 Å². The Bertz CT molecular complexity index is 950. The first-order chi connectivity index (χ1) is 12.5. The van der Waals surface area contributed by atoms with E-state index in [1.807, 2.05) is 42.8 Å². The van der Waals surface area contributed by atoms with E-state index in [4.69, 9.17) is 16.3 Å². The SMILES string of the molecule is COc1cccc(Cn2nc(C)c(NC(=O)c3ccccc3Cl)c2C)c1. The Hall–Kier alpha value is -2.79. The molecule has 3 aromatic rings. The lowest BCUT2D eigenvalue weighted by atomic mass is 10.2. The number of carbonyl (C=O) groups is 1. The highest BCUT2D eigenvalue weighted by Gasteiger charge is 2.17. The molecule has 3 rings (SSSR count). The zero-order valence-corrected chi connectivity index (χ0v) is 15.7. The molecule has 2 aromatic carbocycles. The Kier molecular flexibility index (Phi) is 5.28. The first-order valence-corrected chi connectivity index (χ1v) is 8.60. The number of rotatable bonds is 5. The summed E-state index contributed by atoms with van der Waals surface area (Å²) >= 11 is 6.11. The summed E-state index contributed by atoms with van der Waals surface area (Å²) < 4.78 is 7.13. The smallest absolute Gasteiger partial charge is 0.257 e. The molecule has 1 amide bonds. The summed E-state index contributed by atoms with van der Waals surface area (Å²) in [5, 5.41) is 7.91. The summed E-state index contributed by atoms with van der Waals surface area (Å²) in [5.74, 6) is 0.555. The van der Waals surface area contributed by atoms with Crippen molar-refractivity contribution in [2.75, 3.05) is 12.4 Å². The third-order valence-electron chi connectivity index (χ3n) is 4.20. The number of benzene rings is 2. The highest BCUT2D eigenvalue weighted by Crippen LogP contribution is 2.23. The van der Waals surface area contributed by atoms with Gasteiger partial charge in [0.1, 0.15) is 5.75 Å². The second-order valence-corrected chi connectivity index (χ2v) is 6.40. The van der Waals surface area contributed by atoms with Crippen LogP contribution in [0.3, 0.4) is 0 Å². The number of ether oxygens (including phenoxy) is 1. The molecule has 1 N–H and O–H groups in total. The van der Waals surface area contributed by atoms with E-state index in [1.54, 1.807) is 31.4 Å². The summed E-state index contributed by atoms with van der Waals surface area (Å²) in [6.07, 6.45) is 0. The van der Waals surface area contributed by atoms with E-state index >= 15 is 0 Å². The van der Waals surface area contributed by atoms with Crippen LogP contribution in [0.15, 0.2) is 48.5 Å². The molecule has 26 heavy (non-hydrogen) atoms. The molecule has 0 radical (unpaired) electrons. The van der Waals surface area contributed by atoms with Crippen LogP contribution in [0.25, 0.3) is 0 Å². The lowest BCUT2D eigenvalue weighted by molar-refractivity contribution is 0.102. The van der Waals surface area contributed by atoms with E-state index in [0.717, 1.165) is 22.7 Å². The number of nitrogens with zero attached hydrogens (tertiary/aromatic N) is 2. The van der Waals surface area contributed by atoms with Crippen molar-refractivity contribution in [2.24, 2.45) is 0 Å². The summed E-state index contributed by atoms with van der Waals surface area (Å²) in [6, 6.07) is 14.8. The molecule has 134 valence electrons. The van der Waals surface area contributed by atoms with E-state index in [9.17, 15) is 4.79 Å². The maximum Gasteiger partial charge on any atom is 0.257 e. The maximum absolute atomic E-state index is 12.5. The van der Waals surface area contributed by atoms with Crippen LogP contribution in [-0.4, -0.2) is 22.8 Å². The van der Waals surface area contributed by atoms with Crippen molar-refractivity contribution in [1.82, 2.24) is 9.78 Å². The molecule has 0 bridgehead atoms. The number of hydrogen-bond acceptors (Lipinski definition) is 3. The Labute approximate surface area is 157 Å². The molecule has 0 saturated carbocycles. The fourth-order valence-electron chi connectivity index (χ4n) is 2.80. The Morgan fingerprint density at radius 2 is 1.96 bits per heavy atom. The predicted octanol–water partition coefficient (Wildman–Crippen LogP) is 4.46. The molecule has 0 spiro atoms. The number of nitrogens with one attached hydrogen (secondary N) is 1. The van der Waals surface area contributed by atoms with Crippen LogP contribution in [0.5, 0.6) is 5.75 Å².